The summed E-state index contributed by atoms with van der Waals surface area (Å²) in [6.07, 6.45) is 4.01. The molecule has 7 heteroatoms. The SMILES string of the molecule is C[C@@H](c1ccc(-c2ccn3ncnc3c2)cc1)N1CC[C@](CC(C)(C)O)(c2ccccc2)OC1=O. The maximum atomic E-state index is 13.3. The molecule has 2 atom stereocenters. The van der Waals surface area contributed by atoms with Crippen LogP contribution in [0.2, 0.25) is 0 Å². The highest BCUT2D eigenvalue weighted by Crippen LogP contribution is 2.42. The fourth-order valence-corrected chi connectivity index (χ4v) is 5.02. The summed E-state index contributed by atoms with van der Waals surface area (Å²) in [4.78, 5) is 19.3. The van der Waals surface area contributed by atoms with Crippen LogP contribution in [0.15, 0.2) is 79.3 Å². The Morgan fingerprint density at radius 3 is 2.51 bits per heavy atom. The number of pyridine rings is 1. The number of aromatic nitrogens is 3. The number of rotatable bonds is 6. The molecule has 0 unspecified atom stereocenters. The summed E-state index contributed by atoms with van der Waals surface area (Å²) in [6, 6.07) is 21.8. The average Bonchev–Trinajstić information content (AvgIpc) is 3.31. The van der Waals surface area contributed by atoms with Gasteiger partial charge in [-0.1, -0.05) is 54.6 Å². The van der Waals surface area contributed by atoms with E-state index in [-0.39, 0.29) is 12.1 Å². The Morgan fingerprint density at radius 1 is 1.09 bits per heavy atom. The molecule has 1 N–H and O–H groups in total. The minimum Gasteiger partial charge on any atom is -0.438 e. The van der Waals surface area contributed by atoms with Crippen molar-refractivity contribution < 1.29 is 14.6 Å². The summed E-state index contributed by atoms with van der Waals surface area (Å²) in [6.45, 7) is 6.06. The lowest BCUT2D eigenvalue weighted by Crippen LogP contribution is -2.51. The van der Waals surface area contributed by atoms with Crippen LogP contribution in [0.25, 0.3) is 16.8 Å². The number of benzene rings is 2. The largest absolute Gasteiger partial charge is 0.438 e. The quantitative estimate of drug-likeness (QED) is 0.411. The lowest BCUT2D eigenvalue weighted by molar-refractivity contribution is -0.101. The maximum Gasteiger partial charge on any atom is 0.411 e. The second-order valence-electron chi connectivity index (χ2n) is 9.94. The third kappa shape index (κ3) is 4.64. The average molecular weight is 471 g/mol. The van der Waals surface area contributed by atoms with Gasteiger partial charge in [0.25, 0.3) is 0 Å². The molecule has 7 nitrogen and oxygen atoms in total. The van der Waals surface area contributed by atoms with Gasteiger partial charge < -0.3 is 14.7 Å². The molecule has 180 valence electrons. The van der Waals surface area contributed by atoms with Crippen molar-refractivity contribution in [2.45, 2.75) is 50.9 Å². The van der Waals surface area contributed by atoms with Crippen LogP contribution in [-0.2, 0) is 10.3 Å². The van der Waals surface area contributed by atoms with Crippen LogP contribution >= 0.6 is 0 Å². The number of aliphatic hydroxyl groups is 1. The number of ether oxygens (including phenoxy) is 1. The first kappa shape index (κ1) is 23.1. The number of carbonyl (C=O) groups excluding carboxylic acids is 1. The molecule has 1 saturated heterocycles. The Balaban J connectivity index is 1.35. The van der Waals surface area contributed by atoms with E-state index >= 15 is 0 Å². The monoisotopic (exact) mass is 470 g/mol. The smallest absolute Gasteiger partial charge is 0.411 e. The molecule has 4 aromatic rings. The Morgan fingerprint density at radius 2 is 1.83 bits per heavy atom. The van der Waals surface area contributed by atoms with E-state index in [1.54, 1.807) is 23.3 Å². The number of fused-ring (bicyclic) bond motifs is 1. The molecule has 0 spiro atoms. The van der Waals surface area contributed by atoms with Crippen LogP contribution in [0.4, 0.5) is 4.79 Å². The molecule has 5 rings (SSSR count). The fraction of sp³-hybridized carbons (Fsp3) is 0.321. The normalized spacial score (nSPS) is 19.5. The number of hydrogen-bond donors (Lipinski definition) is 1. The van der Waals surface area contributed by atoms with Crippen LogP contribution in [0, 0.1) is 0 Å². The van der Waals surface area contributed by atoms with E-state index in [4.69, 9.17) is 4.74 Å². The highest BCUT2D eigenvalue weighted by atomic mass is 16.6. The zero-order valence-corrected chi connectivity index (χ0v) is 20.3. The Kier molecular flexibility index (Phi) is 5.81. The molecule has 2 aromatic carbocycles. The van der Waals surface area contributed by atoms with Crippen molar-refractivity contribution in [3.63, 3.8) is 0 Å². The number of carbonyl (C=O) groups is 1. The number of nitrogens with zero attached hydrogens (tertiary/aromatic N) is 4. The van der Waals surface area contributed by atoms with Gasteiger partial charge in [0.1, 0.15) is 11.9 Å². The van der Waals surface area contributed by atoms with Gasteiger partial charge in [0.05, 0.1) is 11.6 Å². The van der Waals surface area contributed by atoms with Crippen LogP contribution < -0.4 is 0 Å². The van der Waals surface area contributed by atoms with Gasteiger partial charge in [0.15, 0.2) is 5.65 Å². The second-order valence-corrected chi connectivity index (χ2v) is 9.94. The zero-order chi connectivity index (χ0) is 24.6. The summed E-state index contributed by atoms with van der Waals surface area (Å²) in [7, 11) is 0. The number of hydrogen-bond acceptors (Lipinski definition) is 5. The molecule has 0 aliphatic carbocycles. The van der Waals surface area contributed by atoms with E-state index in [0.29, 0.717) is 19.4 Å². The van der Waals surface area contributed by atoms with Crippen molar-refractivity contribution in [3.05, 3.63) is 90.4 Å². The summed E-state index contributed by atoms with van der Waals surface area (Å²) in [5, 5.41) is 14.7. The molecule has 1 fully saturated rings. The summed E-state index contributed by atoms with van der Waals surface area (Å²) in [5.74, 6) is 0. The van der Waals surface area contributed by atoms with Crippen LogP contribution in [0.3, 0.4) is 0 Å². The Bertz CT molecular complexity index is 1330. The molecule has 3 heterocycles. The van der Waals surface area contributed by atoms with Crippen molar-refractivity contribution in [1.82, 2.24) is 19.5 Å². The lowest BCUT2D eigenvalue weighted by Gasteiger charge is -2.45. The van der Waals surface area contributed by atoms with Gasteiger partial charge in [-0.2, -0.15) is 5.10 Å². The first-order valence-corrected chi connectivity index (χ1v) is 11.9. The van der Waals surface area contributed by atoms with Gasteiger partial charge in [-0.3, -0.25) is 0 Å². The third-order valence-corrected chi connectivity index (χ3v) is 6.77. The van der Waals surface area contributed by atoms with Crippen LogP contribution in [-0.4, -0.2) is 42.8 Å². The molecule has 0 bridgehead atoms. The van der Waals surface area contributed by atoms with Gasteiger partial charge >= 0.3 is 6.09 Å². The van der Waals surface area contributed by atoms with E-state index in [9.17, 15) is 9.90 Å². The molecule has 1 amide bonds. The molecular weight excluding hydrogens is 440 g/mol. The molecule has 35 heavy (non-hydrogen) atoms. The van der Waals surface area contributed by atoms with E-state index < -0.39 is 11.2 Å². The van der Waals surface area contributed by atoms with Crippen molar-refractivity contribution in [3.8, 4) is 11.1 Å². The lowest BCUT2D eigenvalue weighted by atomic mass is 9.80. The standard InChI is InChI=1S/C28H30N4O3/c1-20(21-9-11-22(12-10-21)23-13-15-32-25(17-23)29-19-30-32)31-16-14-28(35-26(31)33,18-27(2,3)34)24-7-5-4-6-8-24/h4-13,15,17,19-20,34H,14,16,18H2,1-3H3/t20-,28-/m0/s1. The molecule has 0 saturated carbocycles. The summed E-state index contributed by atoms with van der Waals surface area (Å²) in [5.41, 5.74) is 3.04. The van der Waals surface area contributed by atoms with Crippen LogP contribution in [0.1, 0.15) is 50.8 Å². The molecule has 1 aliphatic heterocycles. The predicted octanol–water partition coefficient (Wildman–Crippen LogP) is 5.36. The first-order chi connectivity index (χ1) is 16.7. The van der Waals surface area contributed by atoms with Crippen molar-refractivity contribution in [2.24, 2.45) is 0 Å². The number of cyclic esters (lactones) is 1. The number of amides is 1. The van der Waals surface area contributed by atoms with Crippen molar-refractivity contribution in [1.29, 1.82) is 0 Å². The van der Waals surface area contributed by atoms with Gasteiger partial charge in [0.2, 0.25) is 0 Å². The van der Waals surface area contributed by atoms with Crippen LogP contribution in [0.5, 0.6) is 0 Å². The minimum absolute atomic E-state index is 0.147. The fourth-order valence-electron chi connectivity index (χ4n) is 5.02. The van der Waals surface area contributed by atoms with Gasteiger partial charge in [-0.05, 0) is 55.2 Å². The van der Waals surface area contributed by atoms with Gasteiger partial charge in [0, 0.05) is 25.6 Å². The van der Waals surface area contributed by atoms with Crippen molar-refractivity contribution >= 4 is 11.7 Å². The Hall–Kier alpha value is -3.71. The maximum absolute atomic E-state index is 13.3. The summed E-state index contributed by atoms with van der Waals surface area (Å²) < 4.78 is 7.86. The topological polar surface area (TPSA) is 80.0 Å². The second kappa shape index (κ2) is 8.82. The highest BCUT2D eigenvalue weighted by molar-refractivity contribution is 5.71. The molecule has 2 aromatic heterocycles. The first-order valence-electron chi connectivity index (χ1n) is 11.9. The van der Waals surface area contributed by atoms with E-state index in [2.05, 4.69) is 34.3 Å². The van der Waals surface area contributed by atoms with E-state index in [1.807, 2.05) is 55.6 Å². The van der Waals surface area contributed by atoms with Crippen molar-refractivity contribution in [2.75, 3.05) is 6.54 Å². The molecule has 0 radical (unpaired) electrons. The van der Waals surface area contributed by atoms with Gasteiger partial charge in [-0.15, -0.1) is 0 Å². The zero-order valence-electron chi connectivity index (χ0n) is 20.3. The predicted molar refractivity (Wildman–Crippen MR) is 134 cm³/mol. The van der Waals surface area contributed by atoms with E-state index in [0.717, 1.165) is 27.9 Å². The van der Waals surface area contributed by atoms with Gasteiger partial charge in [-0.25, -0.2) is 14.3 Å². The third-order valence-electron chi connectivity index (χ3n) is 6.77. The van der Waals surface area contributed by atoms with E-state index in [1.165, 1.54) is 6.33 Å². The summed E-state index contributed by atoms with van der Waals surface area (Å²) >= 11 is 0. The minimum atomic E-state index is -0.977. The molecule has 1 aliphatic rings. The molecular formula is C28H30N4O3. The highest BCUT2D eigenvalue weighted by Gasteiger charge is 2.46. The Labute approximate surface area is 205 Å².